The van der Waals surface area contributed by atoms with Gasteiger partial charge in [-0.15, -0.1) is 0 Å². The molecule has 0 bridgehead atoms. The summed E-state index contributed by atoms with van der Waals surface area (Å²) in [5, 5.41) is 9.15. The van der Waals surface area contributed by atoms with Gasteiger partial charge < -0.3 is 20.3 Å². The molecule has 3 N–H and O–H groups in total. The minimum atomic E-state index is -0.829. The first kappa shape index (κ1) is 16.6. The highest BCUT2D eigenvalue weighted by atomic mass is 35.5. The molecule has 0 amide bonds. The second-order valence-electron chi connectivity index (χ2n) is 4.75. The molecule has 1 aromatic carbocycles. The monoisotopic (exact) mass is 301 g/mol. The van der Waals surface area contributed by atoms with E-state index in [-0.39, 0.29) is 18.4 Å². The zero-order valence-electron chi connectivity index (χ0n) is 11.9. The van der Waals surface area contributed by atoms with Crippen molar-refractivity contribution >= 4 is 17.6 Å². The van der Waals surface area contributed by atoms with Gasteiger partial charge in [0, 0.05) is 18.0 Å². The van der Waals surface area contributed by atoms with Gasteiger partial charge in [0.1, 0.15) is 16.5 Å². The van der Waals surface area contributed by atoms with Crippen LogP contribution < -0.4 is 15.2 Å². The van der Waals surface area contributed by atoms with Gasteiger partial charge in [-0.2, -0.15) is 0 Å². The van der Waals surface area contributed by atoms with Gasteiger partial charge in [0.25, 0.3) is 0 Å². The van der Waals surface area contributed by atoms with Crippen LogP contribution in [0.3, 0.4) is 0 Å². The molecule has 0 aliphatic carbocycles. The number of hydrogen-bond donors (Lipinski definition) is 2. The van der Waals surface area contributed by atoms with Gasteiger partial charge in [-0.25, -0.2) is 0 Å². The highest BCUT2D eigenvalue weighted by Gasteiger charge is 2.20. The summed E-state index contributed by atoms with van der Waals surface area (Å²) < 4.78 is 10.4. The first-order valence-corrected chi connectivity index (χ1v) is 6.66. The Labute approximate surface area is 123 Å². The van der Waals surface area contributed by atoms with Crippen LogP contribution in [0.15, 0.2) is 12.1 Å². The van der Waals surface area contributed by atoms with Crippen LogP contribution in [0.25, 0.3) is 0 Å². The third-order valence-electron chi connectivity index (χ3n) is 3.10. The van der Waals surface area contributed by atoms with E-state index < -0.39 is 5.97 Å². The summed E-state index contributed by atoms with van der Waals surface area (Å²) in [5.41, 5.74) is 6.88. The molecule has 0 spiro atoms. The predicted molar refractivity (Wildman–Crippen MR) is 77.5 cm³/mol. The maximum Gasteiger partial charge on any atom is 0.303 e. The molecule has 0 aliphatic rings. The molecule has 5 nitrogen and oxygen atoms in total. The third-order valence-corrected chi connectivity index (χ3v) is 3.45. The number of halogens is 1. The van der Waals surface area contributed by atoms with Crippen LogP contribution >= 0.6 is 11.6 Å². The van der Waals surface area contributed by atoms with Crippen molar-refractivity contribution in [3.63, 3.8) is 0 Å². The molecule has 112 valence electrons. The molecular formula is C14H20ClNO4. The van der Waals surface area contributed by atoms with Gasteiger partial charge in [-0.3, -0.25) is 4.79 Å². The summed E-state index contributed by atoms with van der Waals surface area (Å²) >= 11 is 6.18. The number of carbonyl (C=O) groups is 1. The molecule has 0 saturated heterocycles. The molecule has 0 aliphatic heterocycles. The molecule has 2 atom stereocenters. The number of ether oxygens (including phenoxy) is 2. The summed E-state index contributed by atoms with van der Waals surface area (Å²) in [6.45, 7) is 1.85. The number of carboxylic acid groups (broad SMARTS) is 1. The number of rotatable bonds is 7. The van der Waals surface area contributed by atoms with E-state index in [1.54, 1.807) is 12.1 Å². The second-order valence-corrected chi connectivity index (χ2v) is 5.13. The average Bonchev–Trinajstić information content (AvgIpc) is 2.36. The summed E-state index contributed by atoms with van der Waals surface area (Å²) in [6, 6.07) is 3.17. The summed E-state index contributed by atoms with van der Waals surface area (Å²) in [6.07, 6.45) is 0.616. The number of benzene rings is 1. The number of methoxy groups -OCH3 is 2. The fraction of sp³-hybridized carbons (Fsp3) is 0.500. The average molecular weight is 302 g/mol. The lowest BCUT2D eigenvalue weighted by molar-refractivity contribution is -0.138. The van der Waals surface area contributed by atoms with Crippen molar-refractivity contribution in [1.29, 1.82) is 0 Å². The minimum absolute atomic E-state index is 0.0342. The Kier molecular flexibility index (Phi) is 6.10. The van der Waals surface area contributed by atoms with Gasteiger partial charge in [-0.05, 0) is 24.5 Å². The van der Waals surface area contributed by atoms with Crippen molar-refractivity contribution < 1.29 is 19.4 Å². The number of aliphatic carboxylic acids is 1. The molecule has 6 heteroatoms. The first-order valence-electron chi connectivity index (χ1n) is 6.28. The molecule has 20 heavy (non-hydrogen) atoms. The maximum atomic E-state index is 10.7. The molecule has 1 aromatic rings. The Hall–Kier alpha value is -1.46. The van der Waals surface area contributed by atoms with Crippen LogP contribution in [0, 0.1) is 5.92 Å². The maximum absolute atomic E-state index is 10.7. The van der Waals surface area contributed by atoms with Crippen LogP contribution in [-0.2, 0) is 4.79 Å². The van der Waals surface area contributed by atoms with E-state index in [0.29, 0.717) is 22.9 Å². The fourth-order valence-corrected chi connectivity index (χ4v) is 2.48. The Morgan fingerprint density at radius 3 is 2.55 bits per heavy atom. The lowest BCUT2D eigenvalue weighted by Crippen LogP contribution is -2.17. The molecule has 0 heterocycles. The summed E-state index contributed by atoms with van der Waals surface area (Å²) in [7, 11) is 3.03. The van der Waals surface area contributed by atoms with Crippen LogP contribution in [0.2, 0.25) is 5.02 Å². The van der Waals surface area contributed by atoms with Crippen LogP contribution in [0.5, 0.6) is 11.5 Å². The van der Waals surface area contributed by atoms with E-state index in [0.717, 1.165) is 5.56 Å². The van der Waals surface area contributed by atoms with Crippen molar-refractivity contribution in [1.82, 2.24) is 0 Å². The summed E-state index contributed by atoms with van der Waals surface area (Å²) in [4.78, 5) is 10.7. The van der Waals surface area contributed by atoms with Crippen molar-refractivity contribution in [3.05, 3.63) is 22.7 Å². The van der Waals surface area contributed by atoms with E-state index in [2.05, 4.69) is 0 Å². The van der Waals surface area contributed by atoms with Crippen LogP contribution in [0.1, 0.15) is 31.4 Å². The van der Waals surface area contributed by atoms with Crippen molar-refractivity contribution in [3.8, 4) is 11.5 Å². The fourth-order valence-electron chi connectivity index (χ4n) is 2.15. The molecule has 0 fully saturated rings. The standard InChI is InChI=1S/C14H20ClNO4/c1-8(7-12(17)18)6-10(16)9-4-5-11(19-2)13(15)14(9)20-3/h4-5,8,10H,6-7,16H2,1-3H3,(H,17,18). The lowest BCUT2D eigenvalue weighted by Gasteiger charge is -2.20. The Balaban J connectivity index is 2.95. The van der Waals surface area contributed by atoms with Crippen LogP contribution in [0.4, 0.5) is 0 Å². The largest absolute Gasteiger partial charge is 0.495 e. The van der Waals surface area contributed by atoms with Gasteiger partial charge in [0.2, 0.25) is 0 Å². The van der Waals surface area contributed by atoms with Crippen molar-refractivity contribution in [2.75, 3.05) is 14.2 Å². The highest BCUT2D eigenvalue weighted by Crippen LogP contribution is 2.40. The molecule has 0 radical (unpaired) electrons. The Bertz CT molecular complexity index is 478. The molecule has 0 aromatic heterocycles. The van der Waals surface area contributed by atoms with Gasteiger partial charge in [0.15, 0.2) is 0 Å². The van der Waals surface area contributed by atoms with E-state index in [4.69, 9.17) is 31.9 Å². The third kappa shape index (κ3) is 4.02. The smallest absolute Gasteiger partial charge is 0.303 e. The predicted octanol–water partition coefficient (Wildman–Crippen LogP) is 2.86. The quantitative estimate of drug-likeness (QED) is 0.809. The molecular weight excluding hydrogens is 282 g/mol. The Morgan fingerprint density at radius 1 is 1.40 bits per heavy atom. The number of hydrogen-bond acceptors (Lipinski definition) is 4. The minimum Gasteiger partial charge on any atom is -0.495 e. The number of carboxylic acids is 1. The summed E-state index contributed by atoms with van der Waals surface area (Å²) in [5.74, 6) is 0.122. The van der Waals surface area contributed by atoms with E-state index in [1.165, 1.54) is 14.2 Å². The van der Waals surface area contributed by atoms with E-state index >= 15 is 0 Å². The lowest BCUT2D eigenvalue weighted by atomic mass is 9.94. The molecule has 0 saturated carbocycles. The SMILES string of the molecule is COc1ccc(C(N)CC(C)CC(=O)O)c(OC)c1Cl. The van der Waals surface area contributed by atoms with E-state index in [1.807, 2.05) is 6.92 Å². The van der Waals surface area contributed by atoms with Crippen molar-refractivity contribution in [2.24, 2.45) is 11.7 Å². The first-order chi connectivity index (χ1) is 9.40. The molecule has 2 unspecified atom stereocenters. The Morgan fingerprint density at radius 2 is 2.05 bits per heavy atom. The van der Waals surface area contributed by atoms with Gasteiger partial charge in [0.05, 0.1) is 14.2 Å². The van der Waals surface area contributed by atoms with Gasteiger partial charge >= 0.3 is 5.97 Å². The van der Waals surface area contributed by atoms with Crippen molar-refractivity contribution in [2.45, 2.75) is 25.8 Å². The van der Waals surface area contributed by atoms with Crippen LogP contribution in [-0.4, -0.2) is 25.3 Å². The zero-order chi connectivity index (χ0) is 15.3. The van der Waals surface area contributed by atoms with E-state index in [9.17, 15) is 4.79 Å². The van der Waals surface area contributed by atoms with Gasteiger partial charge in [-0.1, -0.05) is 18.5 Å². The normalized spacial score (nSPS) is 13.7. The topological polar surface area (TPSA) is 81.8 Å². The number of nitrogens with two attached hydrogens (primary N) is 1. The molecule has 1 rings (SSSR count). The zero-order valence-corrected chi connectivity index (χ0v) is 12.6. The highest BCUT2D eigenvalue weighted by molar-refractivity contribution is 6.33. The second kappa shape index (κ2) is 7.36.